The van der Waals surface area contributed by atoms with E-state index in [9.17, 15) is 35.9 Å². The van der Waals surface area contributed by atoms with Gasteiger partial charge in [-0.15, -0.1) is 0 Å². The summed E-state index contributed by atoms with van der Waals surface area (Å²) in [5.74, 6) is -1.98. The summed E-state index contributed by atoms with van der Waals surface area (Å²) >= 11 is 0. The van der Waals surface area contributed by atoms with Crippen molar-refractivity contribution in [3.63, 3.8) is 0 Å². The van der Waals surface area contributed by atoms with Crippen LogP contribution in [0.1, 0.15) is 25.7 Å². The molecule has 2 atom stereocenters. The van der Waals surface area contributed by atoms with Gasteiger partial charge in [0.05, 0.1) is 0 Å². The van der Waals surface area contributed by atoms with Crippen molar-refractivity contribution in [1.29, 1.82) is 0 Å². The van der Waals surface area contributed by atoms with Crippen molar-refractivity contribution in [3.8, 4) is 0 Å². The van der Waals surface area contributed by atoms with Gasteiger partial charge in [-0.3, -0.25) is 9.59 Å². The number of halogens is 6. The number of rotatable bonds is 7. The van der Waals surface area contributed by atoms with Crippen LogP contribution in [0.3, 0.4) is 0 Å². The Balaban J connectivity index is 1.97. The molecule has 0 aliphatic heterocycles. The molecule has 0 fully saturated rings. The zero-order valence-corrected chi connectivity index (χ0v) is 18.0. The lowest BCUT2D eigenvalue weighted by atomic mass is 10.2. The highest BCUT2D eigenvalue weighted by Crippen LogP contribution is 2.30. The van der Waals surface area contributed by atoms with Crippen molar-refractivity contribution < 1.29 is 35.9 Å². The molecule has 2 aromatic rings. The van der Waals surface area contributed by atoms with Crippen LogP contribution in [0.2, 0.25) is 0 Å². The number of carbonyl (C=O) groups is 2. The van der Waals surface area contributed by atoms with Gasteiger partial charge in [-0.05, 0) is 37.1 Å². The molecule has 0 N–H and O–H groups in total. The third-order valence-corrected chi connectivity index (χ3v) is 6.88. The number of alkyl halides is 6. The number of unbranched alkanes of at least 4 members (excludes halogenated alkanes) is 1. The van der Waals surface area contributed by atoms with Gasteiger partial charge in [0.1, 0.15) is 0 Å². The molecular weight excluding hydrogens is 478 g/mol. The lowest BCUT2D eigenvalue weighted by Gasteiger charge is -2.11. The first kappa shape index (κ1) is 25.9. The van der Waals surface area contributed by atoms with Crippen LogP contribution in [0.25, 0.3) is 0 Å². The third kappa shape index (κ3) is 8.30. The first-order valence-electron chi connectivity index (χ1n) is 9.20. The smallest absolute Gasteiger partial charge is 0.272 e. The molecule has 2 unspecified atom stereocenters. The lowest BCUT2D eigenvalue weighted by molar-refractivity contribution is -0.119. The van der Waals surface area contributed by atoms with E-state index in [4.69, 9.17) is 0 Å². The molecule has 4 nitrogen and oxygen atoms in total. The highest BCUT2D eigenvalue weighted by Gasteiger charge is 2.37. The first-order valence-corrected chi connectivity index (χ1v) is 11.6. The van der Waals surface area contributed by atoms with E-state index in [-0.39, 0.29) is 35.5 Å². The summed E-state index contributed by atoms with van der Waals surface area (Å²) in [6.07, 6.45) is -0.718. The number of carbonyl (C=O) groups excluding carboxylic acids is 2. The van der Waals surface area contributed by atoms with Gasteiger partial charge in [0.25, 0.3) is 11.8 Å². The third-order valence-electron chi connectivity index (χ3n) is 3.79. The average Bonchev–Trinajstić information content (AvgIpc) is 2.73. The molecule has 32 heavy (non-hydrogen) atoms. The Kier molecular flexibility index (Phi) is 9.32. The summed E-state index contributed by atoms with van der Waals surface area (Å²) < 4.78 is 85.9. The van der Waals surface area contributed by atoms with Crippen molar-refractivity contribution in [2.24, 2.45) is 8.73 Å². The lowest BCUT2D eigenvalue weighted by Crippen LogP contribution is -2.18. The van der Waals surface area contributed by atoms with Crippen molar-refractivity contribution in [3.05, 3.63) is 60.7 Å². The molecule has 0 aliphatic rings. The van der Waals surface area contributed by atoms with Gasteiger partial charge in [-0.2, -0.15) is 35.1 Å². The Morgan fingerprint density at radius 1 is 0.625 bits per heavy atom. The molecule has 0 bridgehead atoms. The summed E-state index contributed by atoms with van der Waals surface area (Å²) in [6.45, 7) is 0. The van der Waals surface area contributed by atoms with Gasteiger partial charge >= 0.3 is 11.0 Å². The molecule has 12 heteroatoms. The maximum absolute atomic E-state index is 13.2. The standard InChI is InChI=1S/C20H18F6N2O2S2/c21-19(22,23)31(15-9-3-1-4-10-15)27-17(29)13-7-8-14-18(30)28-32(20(24,25)26)16-11-5-2-6-12-16/h1-6,9-12H,7-8,13-14H2. The van der Waals surface area contributed by atoms with Gasteiger partial charge in [0.15, 0.2) is 0 Å². The van der Waals surface area contributed by atoms with Crippen LogP contribution in [-0.4, -0.2) is 22.8 Å². The number of hydrogen-bond donors (Lipinski definition) is 0. The molecule has 0 heterocycles. The minimum Gasteiger partial charge on any atom is -0.272 e. The van der Waals surface area contributed by atoms with E-state index in [0.717, 1.165) is 0 Å². The van der Waals surface area contributed by atoms with Gasteiger partial charge in [0, 0.05) is 44.0 Å². The molecule has 0 radical (unpaired) electrons. The molecule has 2 amide bonds. The van der Waals surface area contributed by atoms with Crippen LogP contribution >= 0.6 is 0 Å². The normalized spacial score (nSPS) is 14.3. The molecule has 2 rings (SSSR count). The molecule has 174 valence electrons. The summed E-state index contributed by atoms with van der Waals surface area (Å²) in [7, 11) is -5.24. The molecule has 0 aliphatic carbocycles. The summed E-state index contributed by atoms with van der Waals surface area (Å²) in [6, 6.07) is 13.6. The number of benzene rings is 2. The molecule has 0 saturated carbocycles. The van der Waals surface area contributed by atoms with E-state index < -0.39 is 44.2 Å². The Morgan fingerprint density at radius 2 is 0.938 bits per heavy atom. The van der Waals surface area contributed by atoms with E-state index in [2.05, 4.69) is 8.73 Å². The van der Waals surface area contributed by atoms with E-state index in [1.807, 2.05) is 0 Å². The summed E-state index contributed by atoms with van der Waals surface area (Å²) in [4.78, 5) is 23.5. The second-order valence-corrected chi connectivity index (χ2v) is 9.64. The van der Waals surface area contributed by atoms with Crippen LogP contribution in [0, 0.1) is 0 Å². The quantitative estimate of drug-likeness (QED) is 0.331. The maximum Gasteiger partial charge on any atom is 0.457 e. The largest absolute Gasteiger partial charge is 0.457 e. The highest BCUT2D eigenvalue weighted by molar-refractivity contribution is 7.88. The highest BCUT2D eigenvalue weighted by atomic mass is 32.2. The summed E-state index contributed by atoms with van der Waals surface area (Å²) in [5.41, 5.74) is -9.45. The van der Waals surface area contributed by atoms with Crippen molar-refractivity contribution in [2.45, 2.75) is 46.5 Å². The number of hydrogen-bond acceptors (Lipinski definition) is 2. The Labute approximate surface area is 185 Å². The van der Waals surface area contributed by atoms with Crippen LogP contribution in [0.4, 0.5) is 26.3 Å². The van der Waals surface area contributed by atoms with Crippen molar-refractivity contribution in [2.75, 3.05) is 0 Å². The predicted molar refractivity (Wildman–Crippen MR) is 110 cm³/mol. The van der Waals surface area contributed by atoms with E-state index >= 15 is 0 Å². The maximum atomic E-state index is 13.2. The molecule has 0 aromatic heterocycles. The van der Waals surface area contributed by atoms with Gasteiger partial charge in [0.2, 0.25) is 0 Å². The molecule has 2 aromatic carbocycles. The van der Waals surface area contributed by atoms with E-state index in [0.29, 0.717) is 0 Å². The molecular formula is C20H18F6N2O2S2. The monoisotopic (exact) mass is 496 g/mol. The zero-order valence-electron chi connectivity index (χ0n) is 16.4. The second kappa shape index (κ2) is 11.5. The predicted octanol–water partition coefficient (Wildman–Crippen LogP) is 6.36. The van der Waals surface area contributed by atoms with Crippen LogP contribution in [-0.2, 0) is 31.0 Å². The Hall–Kier alpha value is -2.34. The van der Waals surface area contributed by atoms with Crippen LogP contribution in [0.5, 0.6) is 0 Å². The van der Waals surface area contributed by atoms with Gasteiger partial charge in [-0.25, -0.2) is 0 Å². The topological polar surface area (TPSA) is 58.9 Å². The SMILES string of the molecule is O=C(CCCCC(=O)N=S(c1ccccc1)C(F)(F)F)N=S(c1ccccc1)C(F)(F)F. The van der Waals surface area contributed by atoms with Gasteiger partial charge in [-0.1, -0.05) is 36.4 Å². The minimum absolute atomic E-state index is 0.00142. The molecule has 0 spiro atoms. The first-order chi connectivity index (χ1) is 15.0. The molecule has 0 saturated heterocycles. The summed E-state index contributed by atoms with van der Waals surface area (Å²) in [5, 5.41) is 0. The fraction of sp³-hybridized carbons (Fsp3) is 0.300. The second-order valence-electron chi connectivity index (χ2n) is 6.26. The Morgan fingerprint density at radius 3 is 1.22 bits per heavy atom. The van der Waals surface area contributed by atoms with Crippen LogP contribution in [0.15, 0.2) is 79.2 Å². The zero-order chi connectivity index (χ0) is 23.8. The Bertz CT molecular complexity index is 909. The van der Waals surface area contributed by atoms with E-state index in [1.54, 1.807) is 0 Å². The fourth-order valence-corrected chi connectivity index (χ4v) is 4.79. The van der Waals surface area contributed by atoms with Gasteiger partial charge < -0.3 is 0 Å². The van der Waals surface area contributed by atoms with E-state index in [1.165, 1.54) is 60.7 Å². The van der Waals surface area contributed by atoms with Crippen molar-refractivity contribution >= 4 is 33.2 Å². The number of amides is 2. The minimum atomic E-state index is -4.73. The number of nitrogens with zero attached hydrogens (tertiary/aromatic N) is 2. The van der Waals surface area contributed by atoms with Crippen LogP contribution < -0.4 is 0 Å². The van der Waals surface area contributed by atoms with Crippen molar-refractivity contribution in [1.82, 2.24) is 0 Å². The fourth-order valence-electron chi connectivity index (χ4n) is 2.42. The average molecular weight is 496 g/mol.